The van der Waals surface area contributed by atoms with Crippen LogP contribution >= 0.6 is 0 Å². The molecule has 0 bridgehead atoms. The summed E-state index contributed by atoms with van der Waals surface area (Å²) in [6, 6.07) is 0.393. The minimum absolute atomic E-state index is 0.159. The molecule has 0 spiro atoms. The first-order valence-electron chi connectivity index (χ1n) is 8.09. The Balaban J connectivity index is 2.70. The summed E-state index contributed by atoms with van der Waals surface area (Å²) in [4.78, 5) is 1.55. The average Bonchev–Trinajstić information content (AvgIpc) is 2.42. The number of nitrogens with one attached hydrogen (secondary N) is 1. The van der Waals surface area contributed by atoms with Crippen LogP contribution < -0.4 is 9.64 Å². The lowest BCUT2D eigenvalue weighted by atomic mass is 9.83. The lowest BCUT2D eigenvalue weighted by Crippen LogP contribution is -3.12. The molecule has 0 fully saturated rings. The Hall–Kier alpha value is -1.22. The molecule has 0 saturated heterocycles. The van der Waals surface area contributed by atoms with E-state index in [2.05, 4.69) is 34.6 Å². The van der Waals surface area contributed by atoms with Crippen LogP contribution in [-0.2, 0) is 0 Å². The van der Waals surface area contributed by atoms with Crippen LogP contribution in [0.2, 0.25) is 0 Å². The largest absolute Gasteiger partial charge is 0.507 e. The smallest absolute Gasteiger partial charge is 0.132 e. The van der Waals surface area contributed by atoms with Gasteiger partial charge in [0, 0.05) is 12.0 Å². The van der Waals surface area contributed by atoms with Crippen LogP contribution in [0.3, 0.4) is 0 Å². The Morgan fingerprint density at radius 1 is 1.10 bits per heavy atom. The third-order valence-electron chi connectivity index (χ3n) is 5.09. The van der Waals surface area contributed by atoms with Gasteiger partial charge in [-0.1, -0.05) is 0 Å². The maximum atomic E-state index is 10.5. The molecule has 1 atom stereocenters. The summed E-state index contributed by atoms with van der Waals surface area (Å²) in [5.74, 6) is 1.44. The van der Waals surface area contributed by atoms with E-state index in [1.165, 1.54) is 5.56 Å². The average molecular weight is 292 g/mol. The van der Waals surface area contributed by atoms with E-state index in [-0.39, 0.29) is 5.60 Å². The zero-order valence-electron chi connectivity index (χ0n) is 14.6. The topological polar surface area (TPSA) is 33.9 Å². The molecular weight excluding hydrogens is 262 g/mol. The molecule has 2 N–H and O–H groups in total. The first kappa shape index (κ1) is 16.2. The van der Waals surface area contributed by atoms with Gasteiger partial charge >= 0.3 is 0 Å². The number of aromatic hydroxyl groups is 1. The van der Waals surface area contributed by atoms with Gasteiger partial charge in [-0.15, -0.1) is 0 Å². The highest BCUT2D eigenvalue weighted by molar-refractivity contribution is 5.59. The lowest BCUT2D eigenvalue weighted by Gasteiger charge is -2.41. The predicted molar refractivity (Wildman–Crippen MR) is 86.4 cm³/mol. The van der Waals surface area contributed by atoms with E-state index >= 15 is 0 Å². The molecule has 3 nitrogen and oxygen atoms in total. The van der Waals surface area contributed by atoms with Crippen molar-refractivity contribution in [3.63, 3.8) is 0 Å². The standard InChI is InChI=1S/C18H29NO2/c1-8-19(9-2)14-10-18(6,7)21-17-12(4)11(3)16(20)13(5)15(14)17/h14,20H,8-10H2,1-7H3/p+1. The van der Waals surface area contributed by atoms with Gasteiger partial charge in [0.2, 0.25) is 0 Å². The summed E-state index contributed by atoms with van der Waals surface area (Å²) in [6.45, 7) is 17.0. The van der Waals surface area contributed by atoms with E-state index in [1.54, 1.807) is 4.90 Å². The van der Waals surface area contributed by atoms with Crippen molar-refractivity contribution in [1.29, 1.82) is 0 Å². The van der Waals surface area contributed by atoms with Gasteiger partial charge in [0.25, 0.3) is 0 Å². The molecule has 0 aromatic heterocycles. The van der Waals surface area contributed by atoms with E-state index in [0.29, 0.717) is 11.8 Å². The third-order valence-corrected chi connectivity index (χ3v) is 5.09. The molecule has 0 radical (unpaired) electrons. The van der Waals surface area contributed by atoms with Crippen LogP contribution in [0.4, 0.5) is 0 Å². The molecular formula is C18H30NO2+. The second-order valence-corrected chi connectivity index (χ2v) is 6.95. The summed E-state index contributed by atoms with van der Waals surface area (Å²) in [5, 5.41) is 10.5. The maximum absolute atomic E-state index is 10.5. The van der Waals surface area contributed by atoms with E-state index in [9.17, 15) is 5.11 Å². The summed E-state index contributed by atoms with van der Waals surface area (Å²) in [5.41, 5.74) is 4.07. The number of ether oxygens (including phenoxy) is 1. The highest BCUT2D eigenvalue weighted by Gasteiger charge is 2.41. The Bertz CT molecular complexity index is 545. The van der Waals surface area contributed by atoms with Gasteiger partial charge in [0.05, 0.1) is 18.7 Å². The summed E-state index contributed by atoms with van der Waals surface area (Å²) in [7, 11) is 0. The van der Waals surface area contributed by atoms with Crippen molar-refractivity contribution in [1.82, 2.24) is 0 Å². The molecule has 118 valence electrons. The summed E-state index contributed by atoms with van der Waals surface area (Å²) < 4.78 is 6.31. The zero-order chi connectivity index (χ0) is 15.9. The number of phenols is 1. The number of phenolic OH excluding ortho intramolecular Hbond substituents is 1. The minimum atomic E-state index is -0.159. The highest BCUT2D eigenvalue weighted by Crippen LogP contribution is 2.46. The zero-order valence-corrected chi connectivity index (χ0v) is 14.6. The van der Waals surface area contributed by atoms with Gasteiger partial charge in [-0.25, -0.2) is 0 Å². The van der Waals surface area contributed by atoms with Crippen molar-refractivity contribution in [3.8, 4) is 11.5 Å². The van der Waals surface area contributed by atoms with E-state index in [0.717, 1.165) is 42.0 Å². The number of benzene rings is 1. The van der Waals surface area contributed by atoms with Crippen LogP contribution in [-0.4, -0.2) is 23.8 Å². The van der Waals surface area contributed by atoms with Crippen LogP contribution in [0.5, 0.6) is 11.5 Å². The SMILES string of the molecule is CC[NH+](CC)C1CC(C)(C)Oc2c(C)c(C)c(O)c(C)c21. The van der Waals surface area contributed by atoms with Gasteiger partial charge < -0.3 is 14.7 Å². The van der Waals surface area contributed by atoms with Crippen molar-refractivity contribution >= 4 is 0 Å². The Labute approximate surface area is 128 Å². The van der Waals surface area contributed by atoms with Crippen LogP contribution in [0, 0.1) is 20.8 Å². The van der Waals surface area contributed by atoms with Crippen molar-refractivity contribution in [3.05, 3.63) is 22.3 Å². The second-order valence-electron chi connectivity index (χ2n) is 6.95. The minimum Gasteiger partial charge on any atom is -0.507 e. The maximum Gasteiger partial charge on any atom is 0.132 e. The third kappa shape index (κ3) is 2.64. The Morgan fingerprint density at radius 2 is 1.67 bits per heavy atom. The molecule has 1 heterocycles. The molecule has 3 heteroatoms. The molecule has 21 heavy (non-hydrogen) atoms. The number of fused-ring (bicyclic) bond motifs is 1. The Morgan fingerprint density at radius 3 is 2.19 bits per heavy atom. The van der Waals surface area contributed by atoms with Gasteiger partial charge in [-0.05, 0) is 59.6 Å². The van der Waals surface area contributed by atoms with Crippen molar-refractivity contribution in [2.75, 3.05) is 13.1 Å². The molecule has 1 unspecified atom stereocenters. The first-order chi connectivity index (χ1) is 9.73. The second kappa shape index (κ2) is 5.53. The monoisotopic (exact) mass is 292 g/mol. The van der Waals surface area contributed by atoms with Crippen LogP contribution in [0.15, 0.2) is 0 Å². The highest BCUT2D eigenvalue weighted by atomic mass is 16.5. The summed E-state index contributed by atoms with van der Waals surface area (Å²) >= 11 is 0. The number of hydrogen-bond donors (Lipinski definition) is 2. The fourth-order valence-electron chi connectivity index (χ4n) is 3.68. The van der Waals surface area contributed by atoms with Gasteiger partial charge in [0.1, 0.15) is 23.1 Å². The molecule has 1 aliphatic rings. The van der Waals surface area contributed by atoms with Gasteiger partial charge in [-0.2, -0.15) is 0 Å². The van der Waals surface area contributed by atoms with Crippen molar-refractivity contribution in [2.45, 2.75) is 66.5 Å². The lowest BCUT2D eigenvalue weighted by molar-refractivity contribution is -0.930. The molecule has 1 aromatic carbocycles. The molecule has 0 saturated carbocycles. The van der Waals surface area contributed by atoms with Gasteiger partial charge in [0.15, 0.2) is 0 Å². The quantitative estimate of drug-likeness (QED) is 0.898. The molecule has 1 aromatic rings. The van der Waals surface area contributed by atoms with Crippen molar-refractivity contribution < 1.29 is 14.7 Å². The van der Waals surface area contributed by atoms with Crippen molar-refractivity contribution in [2.24, 2.45) is 0 Å². The van der Waals surface area contributed by atoms with E-state index in [4.69, 9.17) is 4.74 Å². The van der Waals surface area contributed by atoms with E-state index < -0.39 is 0 Å². The normalized spacial score (nSPS) is 20.3. The number of hydrogen-bond acceptors (Lipinski definition) is 2. The predicted octanol–water partition coefficient (Wildman–Crippen LogP) is 2.84. The number of quaternary nitrogens is 1. The van der Waals surface area contributed by atoms with Crippen LogP contribution in [0.25, 0.3) is 0 Å². The summed E-state index contributed by atoms with van der Waals surface area (Å²) in [6.07, 6.45) is 0.986. The molecule has 0 amide bonds. The number of rotatable bonds is 3. The van der Waals surface area contributed by atoms with Gasteiger partial charge in [-0.3, -0.25) is 0 Å². The first-order valence-corrected chi connectivity index (χ1v) is 8.09. The van der Waals surface area contributed by atoms with Crippen LogP contribution in [0.1, 0.15) is 62.4 Å². The van der Waals surface area contributed by atoms with E-state index in [1.807, 2.05) is 13.8 Å². The fourth-order valence-corrected chi connectivity index (χ4v) is 3.68. The molecule has 1 aliphatic heterocycles. The fraction of sp³-hybridized carbons (Fsp3) is 0.667. The molecule has 0 aliphatic carbocycles. The molecule has 2 rings (SSSR count). The Kier molecular flexibility index (Phi) is 4.25.